The van der Waals surface area contributed by atoms with Gasteiger partial charge in [-0.15, -0.1) is 0 Å². The third kappa shape index (κ3) is 6.48. The Morgan fingerprint density at radius 2 is 1.88 bits per heavy atom. The molecule has 1 aliphatic heterocycles. The summed E-state index contributed by atoms with van der Waals surface area (Å²) in [7, 11) is -3.49. The van der Waals surface area contributed by atoms with Gasteiger partial charge in [0.25, 0.3) is 0 Å². The van der Waals surface area contributed by atoms with Gasteiger partial charge in [-0.1, -0.05) is 30.7 Å². The number of amides is 1. The highest BCUT2D eigenvalue weighted by molar-refractivity contribution is 7.92. The molecule has 2 aromatic heterocycles. The average molecular weight is 603 g/mol. The largest absolute Gasteiger partial charge is 0.465 e. The predicted octanol–water partition coefficient (Wildman–Crippen LogP) is 5.89. The highest BCUT2D eigenvalue weighted by Gasteiger charge is 2.26. The maximum absolute atomic E-state index is 12.9. The molecule has 0 spiro atoms. The van der Waals surface area contributed by atoms with Crippen molar-refractivity contribution < 1.29 is 23.1 Å². The Balaban J connectivity index is 1.28. The Hall–Kier alpha value is -4.45. The minimum atomic E-state index is -3.49. The summed E-state index contributed by atoms with van der Waals surface area (Å²) in [5.74, 6) is 1.65. The molecule has 2 aromatic carbocycles. The van der Waals surface area contributed by atoms with Crippen molar-refractivity contribution in [3.63, 3.8) is 0 Å². The zero-order valence-corrected chi connectivity index (χ0v) is 24.7. The molecule has 11 nitrogen and oxygen atoms in total. The van der Waals surface area contributed by atoms with Crippen LogP contribution in [0.3, 0.4) is 0 Å². The summed E-state index contributed by atoms with van der Waals surface area (Å²) in [5.41, 5.74) is 2.62. The van der Waals surface area contributed by atoms with E-state index in [-0.39, 0.29) is 17.7 Å². The van der Waals surface area contributed by atoms with Crippen molar-refractivity contribution in [1.29, 1.82) is 0 Å². The van der Waals surface area contributed by atoms with Gasteiger partial charge >= 0.3 is 6.09 Å². The van der Waals surface area contributed by atoms with Crippen LogP contribution in [0.2, 0.25) is 0 Å². The van der Waals surface area contributed by atoms with E-state index >= 15 is 0 Å². The smallest absolute Gasteiger partial charge is 0.407 e. The van der Waals surface area contributed by atoms with E-state index in [9.17, 15) is 18.3 Å². The molecule has 12 heteroatoms. The number of anilines is 2. The number of hydrogen-bond acceptors (Lipinski definition) is 8. The molecule has 1 saturated heterocycles. The van der Waals surface area contributed by atoms with Gasteiger partial charge in [0.1, 0.15) is 5.75 Å². The summed E-state index contributed by atoms with van der Waals surface area (Å²) in [4.78, 5) is 26.4. The molecule has 0 radical (unpaired) electrons. The van der Waals surface area contributed by atoms with Gasteiger partial charge in [0.05, 0.1) is 22.7 Å². The summed E-state index contributed by atoms with van der Waals surface area (Å²) in [5, 5.41) is 14.1. The monoisotopic (exact) mass is 602 g/mol. The summed E-state index contributed by atoms with van der Waals surface area (Å²) >= 11 is 0. The standard InChI is InChI=1S/C31H34N6O5S/c1-20-12-13-23-24(9-3-11-27(23)36-43(40,41)19-21-6-2-7-21)28(20)42-29-25(10-4-15-32-29)26-14-16-33-30(35-26)34-22-8-5-17-37(18-22)31(38)39/h3-4,9-16,21-22,36H,2,5-8,17-19H2,1H3,(H,38,39)(H,33,34,35). The van der Waals surface area contributed by atoms with Crippen LogP contribution in [-0.2, 0) is 10.0 Å². The number of ether oxygens (including phenoxy) is 1. The van der Waals surface area contributed by atoms with Crippen LogP contribution in [0.4, 0.5) is 16.4 Å². The molecule has 1 amide bonds. The Morgan fingerprint density at radius 3 is 2.67 bits per heavy atom. The van der Waals surface area contributed by atoms with Gasteiger partial charge in [0, 0.05) is 42.3 Å². The van der Waals surface area contributed by atoms with Crippen LogP contribution in [0, 0.1) is 12.8 Å². The maximum Gasteiger partial charge on any atom is 0.407 e. The van der Waals surface area contributed by atoms with E-state index in [4.69, 9.17) is 9.72 Å². The third-order valence-corrected chi connectivity index (χ3v) is 9.52. The maximum atomic E-state index is 12.9. The topological polar surface area (TPSA) is 147 Å². The number of carboxylic acid groups (broad SMARTS) is 1. The Labute approximate surface area is 250 Å². The zero-order chi connectivity index (χ0) is 30.0. The van der Waals surface area contributed by atoms with E-state index in [1.165, 1.54) is 4.90 Å². The number of likely N-dealkylation sites (tertiary alicyclic amines) is 1. The van der Waals surface area contributed by atoms with Crippen LogP contribution in [0.5, 0.6) is 11.6 Å². The fraction of sp³-hybridized carbons (Fsp3) is 0.355. The second-order valence-corrected chi connectivity index (χ2v) is 13.0. The molecule has 6 rings (SSSR count). The number of carbonyl (C=O) groups is 1. The van der Waals surface area contributed by atoms with Crippen molar-refractivity contribution in [2.75, 3.05) is 28.9 Å². The van der Waals surface area contributed by atoms with Crippen molar-refractivity contribution >= 4 is 38.5 Å². The highest BCUT2D eigenvalue weighted by Crippen LogP contribution is 2.39. The minimum Gasteiger partial charge on any atom is -0.465 e. The van der Waals surface area contributed by atoms with Gasteiger partial charge in [-0.3, -0.25) is 4.72 Å². The summed E-state index contributed by atoms with van der Waals surface area (Å²) in [6.45, 7) is 2.82. The normalized spacial score (nSPS) is 17.3. The summed E-state index contributed by atoms with van der Waals surface area (Å²) in [6.07, 6.45) is 6.92. The number of aryl methyl sites for hydroxylation is 1. The van der Waals surface area contributed by atoms with Crippen LogP contribution < -0.4 is 14.8 Å². The Kier molecular flexibility index (Phi) is 8.02. The number of aromatic nitrogens is 3. The first kappa shape index (κ1) is 28.7. The van der Waals surface area contributed by atoms with Gasteiger partial charge in [-0.05, 0) is 68.4 Å². The molecule has 3 heterocycles. The van der Waals surface area contributed by atoms with E-state index < -0.39 is 16.1 Å². The lowest BCUT2D eigenvalue weighted by Crippen LogP contribution is -2.44. The number of fused-ring (bicyclic) bond motifs is 1. The van der Waals surface area contributed by atoms with Crippen molar-refractivity contribution in [1.82, 2.24) is 19.9 Å². The molecule has 43 heavy (non-hydrogen) atoms. The lowest BCUT2D eigenvalue weighted by atomic mass is 9.87. The van der Waals surface area contributed by atoms with Crippen LogP contribution in [0.1, 0.15) is 37.7 Å². The molecular weight excluding hydrogens is 568 g/mol. The minimum absolute atomic E-state index is 0.0941. The van der Waals surface area contributed by atoms with Gasteiger partial charge in [-0.25, -0.2) is 28.2 Å². The molecule has 1 aliphatic carbocycles. The van der Waals surface area contributed by atoms with Crippen LogP contribution in [0.15, 0.2) is 60.9 Å². The fourth-order valence-electron chi connectivity index (χ4n) is 5.64. The van der Waals surface area contributed by atoms with E-state index in [1.807, 2.05) is 37.3 Å². The molecular formula is C31H34N6O5S. The average Bonchev–Trinajstić information content (AvgIpc) is 2.97. The second-order valence-electron chi connectivity index (χ2n) is 11.2. The van der Waals surface area contributed by atoms with Crippen molar-refractivity contribution in [3.8, 4) is 22.9 Å². The number of rotatable bonds is 9. The van der Waals surface area contributed by atoms with E-state index in [0.29, 0.717) is 47.6 Å². The number of piperidine rings is 1. The zero-order valence-electron chi connectivity index (χ0n) is 23.9. The number of nitrogens with zero attached hydrogens (tertiary/aromatic N) is 4. The molecule has 4 aromatic rings. The molecule has 1 atom stereocenters. The first-order valence-corrected chi connectivity index (χ1v) is 16.1. The van der Waals surface area contributed by atoms with Crippen molar-refractivity contribution in [2.45, 2.75) is 45.1 Å². The van der Waals surface area contributed by atoms with Gasteiger partial charge in [0.2, 0.25) is 21.9 Å². The fourth-order valence-corrected chi connectivity index (χ4v) is 7.19. The number of nitrogens with one attached hydrogen (secondary N) is 2. The molecule has 1 saturated carbocycles. The van der Waals surface area contributed by atoms with E-state index in [2.05, 4.69) is 20.0 Å². The summed E-state index contributed by atoms with van der Waals surface area (Å²) in [6, 6.07) is 14.6. The number of benzene rings is 2. The van der Waals surface area contributed by atoms with Gasteiger partial charge < -0.3 is 20.1 Å². The van der Waals surface area contributed by atoms with Gasteiger partial charge in [0.15, 0.2) is 0 Å². The molecule has 1 unspecified atom stereocenters. The van der Waals surface area contributed by atoms with Crippen LogP contribution in [-0.4, -0.2) is 64.4 Å². The first-order chi connectivity index (χ1) is 20.8. The molecule has 3 N–H and O–H groups in total. The first-order valence-electron chi connectivity index (χ1n) is 14.5. The summed E-state index contributed by atoms with van der Waals surface area (Å²) < 4.78 is 35.1. The highest BCUT2D eigenvalue weighted by atomic mass is 32.2. The molecule has 224 valence electrons. The lowest BCUT2D eigenvalue weighted by molar-refractivity contribution is 0.132. The number of pyridine rings is 1. The molecule has 2 aliphatic rings. The lowest BCUT2D eigenvalue weighted by Gasteiger charge is -2.31. The van der Waals surface area contributed by atoms with Crippen LogP contribution in [0.25, 0.3) is 22.0 Å². The quantitative estimate of drug-likeness (QED) is 0.213. The second kappa shape index (κ2) is 12.0. The Morgan fingerprint density at radius 1 is 1.02 bits per heavy atom. The number of hydrogen-bond donors (Lipinski definition) is 3. The molecule has 2 fully saturated rings. The third-order valence-electron chi connectivity index (χ3n) is 8.08. The SMILES string of the molecule is Cc1ccc2c(NS(=O)(=O)CC3CCC3)cccc2c1Oc1ncccc1-c1ccnc(NC2CCCN(C(=O)O)C2)n1. The molecule has 0 bridgehead atoms. The Bertz CT molecular complexity index is 1760. The van der Waals surface area contributed by atoms with E-state index in [0.717, 1.165) is 48.4 Å². The number of sulfonamides is 1. The van der Waals surface area contributed by atoms with E-state index in [1.54, 1.807) is 30.6 Å². The predicted molar refractivity (Wildman–Crippen MR) is 165 cm³/mol. The van der Waals surface area contributed by atoms with Crippen molar-refractivity contribution in [3.05, 3.63) is 66.5 Å². The van der Waals surface area contributed by atoms with Crippen molar-refractivity contribution in [2.24, 2.45) is 5.92 Å². The van der Waals surface area contributed by atoms with Crippen LogP contribution >= 0.6 is 0 Å². The van der Waals surface area contributed by atoms with Gasteiger partial charge in [-0.2, -0.15) is 0 Å².